The number of carbonyl (C=O) groups excluding carboxylic acids is 2. The minimum atomic E-state index is -0.245. The summed E-state index contributed by atoms with van der Waals surface area (Å²) in [5.41, 5.74) is 3.65. The highest BCUT2D eigenvalue weighted by Crippen LogP contribution is 2.37. The van der Waals surface area contributed by atoms with E-state index in [0.717, 1.165) is 18.3 Å². The van der Waals surface area contributed by atoms with E-state index in [1.54, 1.807) is 0 Å². The van der Waals surface area contributed by atoms with Crippen molar-refractivity contribution in [2.24, 2.45) is 0 Å². The van der Waals surface area contributed by atoms with Gasteiger partial charge >= 0.3 is 0 Å². The van der Waals surface area contributed by atoms with Crippen LogP contribution < -0.4 is 10.6 Å². The Morgan fingerprint density at radius 1 is 0.583 bits per heavy atom. The van der Waals surface area contributed by atoms with Gasteiger partial charge in [0.15, 0.2) is 0 Å². The lowest BCUT2D eigenvalue weighted by Crippen LogP contribution is -2.21. The molecule has 6 heteroatoms. The molecule has 0 aromatic heterocycles. The van der Waals surface area contributed by atoms with Crippen LogP contribution in [0, 0.1) is 7.14 Å². The van der Waals surface area contributed by atoms with Crippen LogP contribution >= 0.6 is 45.2 Å². The van der Waals surface area contributed by atoms with Gasteiger partial charge in [0.2, 0.25) is 0 Å². The molecule has 0 aliphatic carbocycles. The van der Waals surface area contributed by atoms with Gasteiger partial charge in [-0.15, -0.1) is 0 Å². The van der Waals surface area contributed by atoms with Gasteiger partial charge in [0, 0.05) is 7.14 Å². The second-order valence-corrected chi connectivity index (χ2v) is 7.91. The lowest BCUT2D eigenvalue weighted by molar-refractivity contribution is -0.117. The first-order chi connectivity index (χ1) is 11.5. The van der Waals surface area contributed by atoms with Crippen molar-refractivity contribution in [1.29, 1.82) is 0 Å². The van der Waals surface area contributed by atoms with E-state index in [9.17, 15) is 9.59 Å². The molecule has 0 spiro atoms. The zero-order valence-corrected chi connectivity index (χ0v) is 16.5. The molecule has 118 valence electrons. The van der Waals surface area contributed by atoms with Crippen molar-refractivity contribution in [2.75, 3.05) is 0 Å². The summed E-state index contributed by atoms with van der Waals surface area (Å²) in [4.78, 5) is 25.0. The van der Waals surface area contributed by atoms with E-state index in [0.29, 0.717) is 22.5 Å². The molecule has 4 nitrogen and oxygen atoms in total. The number of rotatable bonds is 2. The zero-order chi connectivity index (χ0) is 16.8. The van der Waals surface area contributed by atoms with Crippen LogP contribution in [0.1, 0.15) is 11.1 Å². The van der Waals surface area contributed by atoms with E-state index >= 15 is 0 Å². The van der Waals surface area contributed by atoms with Crippen molar-refractivity contribution in [3.63, 3.8) is 0 Å². The van der Waals surface area contributed by atoms with Crippen molar-refractivity contribution in [3.8, 4) is 0 Å². The van der Waals surface area contributed by atoms with Crippen molar-refractivity contribution in [3.05, 3.63) is 77.9 Å². The van der Waals surface area contributed by atoms with Gasteiger partial charge in [-0.25, -0.2) is 0 Å². The first-order valence-corrected chi connectivity index (χ1v) is 9.34. The summed E-state index contributed by atoms with van der Waals surface area (Å²) in [5.74, 6) is -0.490. The van der Waals surface area contributed by atoms with Crippen LogP contribution in [0.2, 0.25) is 0 Å². The maximum absolute atomic E-state index is 12.5. The Bertz CT molecular complexity index is 862. The van der Waals surface area contributed by atoms with E-state index in [-0.39, 0.29) is 11.8 Å². The molecule has 2 aromatic carbocycles. The molecule has 0 saturated carbocycles. The predicted octanol–water partition coefficient (Wildman–Crippen LogP) is 3.28. The van der Waals surface area contributed by atoms with Crippen LogP contribution in [-0.4, -0.2) is 11.8 Å². The van der Waals surface area contributed by atoms with Crippen molar-refractivity contribution in [1.82, 2.24) is 10.6 Å². The molecule has 2 aromatic rings. The number of fused-ring (bicyclic) bond motifs is 1. The smallest absolute Gasteiger partial charge is 0.258 e. The van der Waals surface area contributed by atoms with Crippen LogP contribution in [0.25, 0.3) is 11.4 Å². The molecule has 2 aliphatic rings. The number of benzene rings is 2. The first-order valence-electron chi connectivity index (χ1n) is 7.18. The molecule has 0 saturated heterocycles. The highest BCUT2D eigenvalue weighted by atomic mass is 127. The van der Waals surface area contributed by atoms with Gasteiger partial charge in [0.25, 0.3) is 11.8 Å². The average molecular weight is 540 g/mol. The maximum Gasteiger partial charge on any atom is 0.258 e. The first kappa shape index (κ1) is 15.8. The Kier molecular flexibility index (Phi) is 3.95. The van der Waals surface area contributed by atoms with Crippen molar-refractivity contribution >= 4 is 68.4 Å². The molecule has 2 amide bonds. The van der Waals surface area contributed by atoms with Gasteiger partial charge in [-0.2, -0.15) is 0 Å². The number of hydrogen-bond donors (Lipinski definition) is 2. The number of amides is 2. The molecule has 2 aliphatic heterocycles. The predicted molar refractivity (Wildman–Crippen MR) is 108 cm³/mol. The van der Waals surface area contributed by atoms with Gasteiger partial charge in [-0.3, -0.25) is 9.59 Å². The number of nitrogens with one attached hydrogen (secondary N) is 2. The summed E-state index contributed by atoms with van der Waals surface area (Å²) in [6.07, 6.45) is 0. The summed E-state index contributed by atoms with van der Waals surface area (Å²) in [6, 6.07) is 15.4. The topological polar surface area (TPSA) is 58.2 Å². The fraction of sp³-hybridized carbons (Fsp3) is 0. The number of halogens is 2. The van der Waals surface area contributed by atoms with Crippen molar-refractivity contribution < 1.29 is 9.59 Å². The Labute approximate surface area is 165 Å². The van der Waals surface area contributed by atoms with Gasteiger partial charge in [0.1, 0.15) is 0 Å². The van der Waals surface area contributed by atoms with Crippen LogP contribution in [0.4, 0.5) is 0 Å². The van der Waals surface area contributed by atoms with E-state index < -0.39 is 0 Å². The van der Waals surface area contributed by atoms with E-state index in [1.807, 2.05) is 48.5 Å². The number of hydrogen-bond acceptors (Lipinski definition) is 2. The van der Waals surface area contributed by atoms with E-state index in [4.69, 9.17) is 0 Å². The Balaban J connectivity index is 1.88. The molecule has 2 N–H and O–H groups in total. The third kappa shape index (κ3) is 2.57. The highest BCUT2D eigenvalue weighted by molar-refractivity contribution is 14.1. The van der Waals surface area contributed by atoms with E-state index in [1.165, 1.54) is 0 Å². The van der Waals surface area contributed by atoms with Gasteiger partial charge in [-0.05, 0) is 80.6 Å². The summed E-state index contributed by atoms with van der Waals surface area (Å²) >= 11 is 4.44. The standard InChI is InChI=1S/C18H10I2N2O2/c19-11-5-1-9(2-6-11)15-13-14(18(24)21-15)16(22-17(13)23)10-3-7-12(20)8-4-10/h1-8H,(H,21,24)(H,22,23). The van der Waals surface area contributed by atoms with E-state index in [2.05, 4.69) is 55.8 Å². The highest BCUT2D eigenvalue weighted by Gasteiger charge is 2.40. The summed E-state index contributed by atoms with van der Waals surface area (Å²) in [7, 11) is 0. The largest absolute Gasteiger partial charge is 0.321 e. The zero-order valence-electron chi connectivity index (χ0n) is 12.2. The molecule has 0 unspecified atom stereocenters. The Hall–Kier alpha value is -1.68. The second kappa shape index (κ2) is 5.99. The van der Waals surface area contributed by atoms with Gasteiger partial charge in [-0.1, -0.05) is 24.3 Å². The fourth-order valence-electron chi connectivity index (χ4n) is 2.85. The quantitative estimate of drug-likeness (QED) is 0.576. The monoisotopic (exact) mass is 540 g/mol. The molecule has 0 bridgehead atoms. The summed E-state index contributed by atoms with van der Waals surface area (Å²) in [5, 5.41) is 5.70. The maximum atomic E-state index is 12.5. The minimum absolute atomic E-state index is 0.245. The third-order valence-corrected chi connectivity index (χ3v) is 5.39. The van der Waals surface area contributed by atoms with Crippen LogP contribution in [-0.2, 0) is 9.59 Å². The third-order valence-electron chi connectivity index (χ3n) is 3.95. The van der Waals surface area contributed by atoms with Crippen LogP contribution in [0.5, 0.6) is 0 Å². The van der Waals surface area contributed by atoms with Gasteiger partial charge < -0.3 is 10.6 Å². The fourth-order valence-corrected chi connectivity index (χ4v) is 3.57. The molecule has 0 radical (unpaired) electrons. The second-order valence-electron chi connectivity index (χ2n) is 5.42. The molecule has 24 heavy (non-hydrogen) atoms. The lowest BCUT2D eigenvalue weighted by atomic mass is 10.0. The normalized spacial score (nSPS) is 16.4. The van der Waals surface area contributed by atoms with Crippen LogP contribution in [0.3, 0.4) is 0 Å². The minimum Gasteiger partial charge on any atom is -0.321 e. The van der Waals surface area contributed by atoms with Crippen molar-refractivity contribution in [2.45, 2.75) is 0 Å². The Morgan fingerprint density at radius 2 is 0.917 bits per heavy atom. The molecular formula is C18H10I2N2O2. The molecular weight excluding hydrogens is 530 g/mol. The van der Waals surface area contributed by atoms with Gasteiger partial charge in [0.05, 0.1) is 22.5 Å². The summed E-state index contributed by atoms with van der Waals surface area (Å²) in [6.45, 7) is 0. The Morgan fingerprint density at radius 3 is 1.25 bits per heavy atom. The molecule has 0 atom stereocenters. The van der Waals surface area contributed by atoms with Crippen LogP contribution in [0.15, 0.2) is 59.7 Å². The lowest BCUT2D eigenvalue weighted by Gasteiger charge is -2.07. The SMILES string of the molecule is O=C1NC(c2ccc(I)cc2)=C2C(=O)NC(c3ccc(I)cc3)=C12. The summed E-state index contributed by atoms with van der Waals surface area (Å²) < 4.78 is 2.19. The number of carbonyl (C=O) groups is 2. The molecule has 0 fully saturated rings. The average Bonchev–Trinajstić information content (AvgIpc) is 3.08. The molecule has 4 rings (SSSR count). The molecule has 2 heterocycles.